The van der Waals surface area contributed by atoms with Crippen molar-refractivity contribution in [3.05, 3.63) is 71.3 Å². The maximum Gasteiger partial charge on any atom is 0.535 e. The van der Waals surface area contributed by atoms with Crippen LogP contribution in [0, 0.1) is 11.8 Å². The second-order valence-electron chi connectivity index (χ2n) is 10.4. The predicted octanol–water partition coefficient (Wildman–Crippen LogP) is 5.10. The van der Waals surface area contributed by atoms with Crippen molar-refractivity contribution in [3.63, 3.8) is 0 Å². The summed E-state index contributed by atoms with van der Waals surface area (Å²) in [5.74, 6) is 0.520. The average Bonchev–Trinajstić information content (AvgIpc) is 2.94. The maximum atomic E-state index is 12.9. The van der Waals surface area contributed by atoms with Gasteiger partial charge < -0.3 is 15.8 Å². The molecule has 0 heterocycles. The minimum absolute atomic E-state index is 0.00719. The summed E-state index contributed by atoms with van der Waals surface area (Å²) in [6.07, 6.45) is 3.73. The van der Waals surface area contributed by atoms with Gasteiger partial charge in [0, 0.05) is 17.9 Å². The van der Waals surface area contributed by atoms with Crippen molar-refractivity contribution < 1.29 is 24.0 Å². The SMILES string of the molecule is CC(C)COC(=O)O/N=C(\N)c1ccc(CCC(=O)[C@H](C)NC(=O)[C@@H]2CCC[C@H](c3ccccc3)C2)cc1. The van der Waals surface area contributed by atoms with Crippen LogP contribution in [0.2, 0.25) is 0 Å². The van der Waals surface area contributed by atoms with Gasteiger partial charge in [-0.25, -0.2) is 4.79 Å². The number of aryl methyl sites for hydroxylation is 1. The van der Waals surface area contributed by atoms with Gasteiger partial charge in [0.25, 0.3) is 0 Å². The molecule has 1 aliphatic carbocycles. The van der Waals surface area contributed by atoms with Crippen LogP contribution in [0.15, 0.2) is 59.8 Å². The zero-order valence-corrected chi connectivity index (χ0v) is 22.5. The molecular weight excluding hydrogens is 482 g/mol. The van der Waals surface area contributed by atoms with E-state index in [0.29, 0.717) is 24.3 Å². The van der Waals surface area contributed by atoms with E-state index in [1.54, 1.807) is 19.1 Å². The molecule has 3 N–H and O–H groups in total. The number of amides is 1. The van der Waals surface area contributed by atoms with E-state index in [1.165, 1.54) is 5.56 Å². The molecule has 8 nitrogen and oxygen atoms in total. The van der Waals surface area contributed by atoms with Crippen molar-refractivity contribution in [1.29, 1.82) is 0 Å². The fourth-order valence-corrected chi connectivity index (χ4v) is 4.59. The van der Waals surface area contributed by atoms with Crippen LogP contribution in [0.1, 0.15) is 75.5 Å². The Hall–Kier alpha value is -3.68. The summed E-state index contributed by atoms with van der Waals surface area (Å²) in [7, 11) is 0. The van der Waals surface area contributed by atoms with E-state index < -0.39 is 12.2 Å². The first kappa shape index (κ1) is 28.9. The molecular formula is C30H39N3O5. The maximum absolute atomic E-state index is 12.9. The number of carbonyl (C=O) groups is 3. The molecule has 3 atom stereocenters. The molecule has 0 bridgehead atoms. The zero-order valence-electron chi connectivity index (χ0n) is 22.5. The van der Waals surface area contributed by atoms with E-state index in [1.807, 2.05) is 44.2 Å². The Kier molecular flexibility index (Phi) is 10.9. The van der Waals surface area contributed by atoms with Crippen molar-refractivity contribution >= 4 is 23.7 Å². The Morgan fingerprint density at radius 3 is 2.42 bits per heavy atom. The highest BCUT2D eigenvalue weighted by atomic mass is 16.8. The summed E-state index contributed by atoms with van der Waals surface area (Å²) < 4.78 is 4.88. The van der Waals surface area contributed by atoms with E-state index in [9.17, 15) is 14.4 Å². The first-order valence-corrected chi connectivity index (χ1v) is 13.4. The number of carbonyl (C=O) groups excluding carboxylic acids is 3. The first-order chi connectivity index (χ1) is 18.2. The molecule has 1 aliphatic rings. The fraction of sp³-hybridized carbons (Fsp3) is 0.467. The van der Waals surface area contributed by atoms with E-state index in [0.717, 1.165) is 31.2 Å². The van der Waals surface area contributed by atoms with Gasteiger partial charge in [-0.3, -0.25) is 14.4 Å². The highest BCUT2D eigenvalue weighted by Crippen LogP contribution is 2.36. The highest BCUT2D eigenvalue weighted by Gasteiger charge is 2.29. The molecule has 8 heteroatoms. The first-order valence-electron chi connectivity index (χ1n) is 13.4. The molecule has 38 heavy (non-hydrogen) atoms. The van der Waals surface area contributed by atoms with Crippen LogP contribution in [0.3, 0.4) is 0 Å². The molecule has 0 aliphatic heterocycles. The predicted molar refractivity (Wildman–Crippen MR) is 147 cm³/mol. The highest BCUT2D eigenvalue weighted by molar-refractivity contribution is 5.97. The molecule has 1 saturated carbocycles. The zero-order chi connectivity index (χ0) is 27.5. The van der Waals surface area contributed by atoms with Crippen molar-refractivity contribution in [2.45, 2.75) is 71.3 Å². The van der Waals surface area contributed by atoms with Gasteiger partial charge in [0.05, 0.1) is 12.6 Å². The second-order valence-corrected chi connectivity index (χ2v) is 10.4. The van der Waals surface area contributed by atoms with Crippen LogP contribution >= 0.6 is 0 Å². The van der Waals surface area contributed by atoms with Crippen molar-refractivity contribution in [3.8, 4) is 0 Å². The third-order valence-electron chi connectivity index (χ3n) is 6.82. The minimum Gasteiger partial charge on any atom is -0.432 e. The number of ketones is 1. The van der Waals surface area contributed by atoms with Gasteiger partial charge in [-0.1, -0.05) is 80.0 Å². The van der Waals surface area contributed by atoms with Crippen LogP contribution in [0.4, 0.5) is 4.79 Å². The van der Waals surface area contributed by atoms with E-state index in [-0.39, 0.29) is 36.0 Å². The number of nitrogens with two attached hydrogens (primary N) is 1. The fourth-order valence-electron chi connectivity index (χ4n) is 4.59. The van der Waals surface area contributed by atoms with Gasteiger partial charge in [0.1, 0.15) is 0 Å². The quantitative estimate of drug-likeness (QED) is 0.140. The number of nitrogens with zero attached hydrogens (tertiary/aromatic N) is 1. The standard InChI is InChI=1S/C30H39N3O5/c1-20(2)19-37-30(36)38-33-28(31)24-15-12-22(13-16-24)14-17-27(34)21(3)32-29(35)26-11-7-10-25(18-26)23-8-5-4-6-9-23/h4-6,8-9,12-13,15-16,20-21,25-26H,7,10-11,14,17-19H2,1-3H3,(H2,31,33)(H,32,35)/t21-,25-,26+/m0/s1. The lowest BCUT2D eigenvalue weighted by atomic mass is 9.77. The summed E-state index contributed by atoms with van der Waals surface area (Å²) in [4.78, 5) is 41.8. The molecule has 3 rings (SSSR count). The molecule has 0 aromatic heterocycles. The molecule has 204 valence electrons. The molecule has 0 saturated heterocycles. The summed E-state index contributed by atoms with van der Waals surface area (Å²) >= 11 is 0. The van der Waals surface area contributed by atoms with Gasteiger partial charge in [0.15, 0.2) is 11.6 Å². The van der Waals surface area contributed by atoms with Gasteiger partial charge in [-0.05, 0) is 55.6 Å². The number of nitrogens with one attached hydrogen (secondary N) is 1. The lowest BCUT2D eigenvalue weighted by Gasteiger charge is -2.29. The average molecular weight is 522 g/mol. The summed E-state index contributed by atoms with van der Waals surface area (Å²) in [6, 6.07) is 17.0. The second kappa shape index (κ2) is 14.3. The van der Waals surface area contributed by atoms with Crippen LogP contribution in [0.5, 0.6) is 0 Å². The number of benzene rings is 2. The van der Waals surface area contributed by atoms with E-state index in [4.69, 9.17) is 10.5 Å². The summed E-state index contributed by atoms with van der Waals surface area (Å²) in [6.45, 7) is 5.81. The Balaban J connectivity index is 1.43. The monoisotopic (exact) mass is 521 g/mol. The van der Waals surface area contributed by atoms with Gasteiger partial charge >= 0.3 is 6.16 Å². The molecule has 2 aromatic rings. The number of amidine groups is 1. The van der Waals surface area contributed by atoms with Crippen molar-refractivity contribution in [2.75, 3.05) is 6.61 Å². The third-order valence-corrected chi connectivity index (χ3v) is 6.82. The Bertz CT molecular complexity index is 1100. The summed E-state index contributed by atoms with van der Waals surface area (Å²) in [5.41, 5.74) is 8.70. The summed E-state index contributed by atoms with van der Waals surface area (Å²) in [5, 5.41) is 6.56. The number of ether oxygens (including phenoxy) is 1. The number of rotatable bonds is 11. The van der Waals surface area contributed by atoms with Crippen LogP contribution in [-0.2, 0) is 25.6 Å². The lowest BCUT2D eigenvalue weighted by molar-refractivity contribution is -0.130. The van der Waals surface area contributed by atoms with Crippen molar-refractivity contribution in [2.24, 2.45) is 22.7 Å². The third kappa shape index (κ3) is 9.01. The lowest BCUT2D eigenvalue weighted by Crippen LogP contribution is -2.42. The largest absolute Gasteiger partial charge is 0.535 e. The minimum atomic E-state index is -0.905. The van der Waals surface area contributed by atoms with Gasteiger partial charge in [0.2, 0.25) is 5.91 Å². The Morgan fingerprint density at radius 1 is 1.03 bits per heavy atom. The smallest absolute Gasteiger partial charge is 0.432 e. The van der Waals surface area contributed by atoms with E-state index in [2.05, 4.69) is 27.4 Å². The molecule has 0 radical (unpaired) electrons. The normalized spacial score (nSPS) is 18.5. The molecule has 0 unspecified atom stereocenters. The molecule has 0 spiro atoms. The van der Waals surface area contributed by atoms with Crippen LogP contribution in [0.25, 0.3) is 0 Å². The van der Waals surface area contributed by atoms with Gasteiger partial charge in [-0.15, -0.1) is 0 Å². The molecule has 1 fully saturated rings. The Labute approximate surface area is 225 Å². The van der Waals surface area contributed by atoms with Crippen molar-refractivity contribution in [1.82, 2.24) is 5.32 Å². The van der Waals surface area contributed by atoms with Gasteiger partial charge in [-0.2, -0.15) is 0 Å². The molecule has 2 aromatic carbocycles. The molecule has 1 amide bonds. The van der Waals surface area contributed by atoms with Crippen LogP contribution < -0.4 is 11.1 Å². The van der Waals surface area contributed by atoms with Crippen LogP contribution in [-0.4, -0.2) is 36.3 Å². The van der Waals surface area contributed by atoms with E-state index >= 15 is 0 Å². The number of hydrogen-bond acceptors (Lipinski definition) is 6. The Morgan fingerprint density at radius 2 is 1.74 bits per heavy atom. The number of oxime groups is 1. The number of hydrogen-bond donors (Lipinski definition) is 2. The topological polar surface area (TPSA) is 120 Å². The number of Topliss-reactive ketones (excluding diaryl/α,β-unsaturated/α-hetero) is 1.